The molecule has 1 atom stereocenters. The van der Waals surface area contributed by atoms with E-state index in [0.717, 1.165) is 16.9 Å². The first kappa shape index (κ1) is 18.0. The third-order valence-electron chi connectivity index (χ3n) is 4.82. The molecule has 0 spiro atoms. The smallest absolute Gasteiger partial charge is 0.408 e. The molecule has 144 valence electrons. The summed E-state index contributed by atoms with van der Waals surface area (Å²) < 4.78 is 6.70. The van der Waals surface area contributed by atoms with Crippen LogP contribution in [0.1, 0.15) is 32.1 Å². The molecule has 0 radical (unpaired) electrons. The van der Waals surface area contributed by atoms with Crippen molar-refractivity contribution < 1.29 is 9.21 Å². The van der Waals surface area contributed by atoms with Crippen LogP contribution in [-0.2, 0) is 11.3 Å². The van der Waals surface area contributed by atoms with Crippen LogP contribution in [0.15, 0.2) is 57.7 Å². The minimum atomic E-state index is -0.452. The number of benzene rings is 2. The monoisotopic (exact) mass is 378 g/mol. The molecule has 0 aliphatic heterocycles. The number of carbonyl (C=O) groups excluding carboxylic acids is 1. The second kappa shape index (κ2) is 7.34. The summed E-state index contributed by atoms with van der Waals surface area (Å²) in [5.41, 5.74) is 3.02. The Bertz CT molecular complexity index is 1150. The van der Waals surface area contributed by atoms with Gasteiger partial charge in [-0.05, 0) is 30.2 Å². The second-order valence-corrected chi connectivity index (χ2v) is 7.17. The maximum atomic E-state index is 12.6. The number of rotatable bonds is 6. The molecule has 28 heavy (non-hydrogen) atoms. The van der Waals surface area contributed by atoms with Gasteiger partial charge in [0.25, 0.3) is 0 Å². The first-order valence-electron chi connectivity index (χ1n) is 9.35. The van der Waals surface area contributed by atoms with Crippen molar-refractivity contribution in [2.45, 2.75) is 32.9 Å². The SMILES string of the molecule is CC(C)C(NC(=O)CCn1c(=O)oc2ccccc21)c1nc2ccccc2[nH]1. The van der Waals surface area contributed by atoms with Gasteiger partial charge in [0.15, 0.2) is 5.58 Å². The number of oxazole rings is 1. The van der Waals surface area contributed by atoms with E-state index in [9.17, 15) is 9.59 Å². The second-order valence-electron chi connectivity index (χ2n) is 7.17. The lowest BCUT2D eigenvalue weighted by Gasteiger charge is -2.20. The number of nitrogens with one attached hydrogen (secondary N) is 2. The lowest BCUT2D eigenvalue weighted by atomic mass is 10.0. The molecule has 2 N–H and O–H groups in total. The summed E-state index contributed by atoms with van der Waals surface area (Å²) in [6.07, 6.45) is 0.173. The number of imidazole rings is 1. The molecule has 2 heterocycles. The average Bonchev–Trinajstić information content (AvgIpc) is 3.24. The van der Waals surface area contributed by atoms with Crippen molar-refractivity contribution in [3.8, 4) is 0 Å². The molecule has 2 aromatic carbocycles. The zero-order chi connectivity index (χ0) is 19.7. The van der Waals surface area contributed by atoms with Gasteiger partial charge in [0.05, 0.1) is 22.6 Å². The van der Waals surface area contributed by atoms with E-state index in [1.165, 1.54) is 4.57 Å². The summed E-state index contributed by atoms with van der Waals surface area (Å²) in [4.78, 5) is 32.5. The van der Waals surface area contributed by atoms with Crippen molar-refractivity contribution in [3.63, 3.8) is 0 Å². The van der Waals surface area contributed by atoms with E-state index in [1.807, 2.05) is 56.3 Å². The number of carbonyl (C=O) groups is 1. The Labute approximate surface area is 161 Å². The number of hydrogen-bond acceptors (Lipinski definition) is 4. The number of nitrogens with zero attached hydrogens (tertiary/aromatic N) is 2. The Hall–Kier alpha value is -3.35. The van der Waals surface area contributed by atoms with Crippen LogP contribution < -0.4 is 11.1 Å². The molecular weight excluding hydrogens is 356 g/mol. The summed E-state index contributed by atoms with van der Waals surface area (Å²) in [7, 11) is 0. The van der Waals surface area contributed by atoms with Gasteiger partial charge in [0, 0.05) is 13.0 Å². The Morgan fingerprint density at radius 3 is 2.71 bits per heavy atom. The molecule has 0 fully saturated rings. The van der Waals surface area contributed by atoms with Gasteiger partial charge < -0.3 is 14.7 Å². The van der Waals surface area contributed by atoms with E-state index in [-0.39, 0.29) is 30.8 Å². The number of amides is 1. The molecule has 1 amide bonds. The minimum Gasteiger partial charge on any atom is -0.408 e. The van der Waals surface area contributed by atoms with Crippen molar-refractivity contribution >= 4 is 28.0 Å². The highest BCUT2D eigenvalue weighted by atomic mass is 16.4. The highest BCUT2D eigenvalue weighted by Gasteiger charge is 2.22. The Balaban J connectivity index is 1.49. The molecule has 0 saturated heterocycles. The molecule has 0 aliphatic carbocycles. The van der Waals surface area contributed by atoms with Gasteiger partial charge in [-0.25, -0.2) is 9.78 Å². The molecule has 0 aliphatic rings. The first-order valence-corrected chi connectivity index (χ1v) is 9.35. The highest BCUT2D eigenvalue weighted by molar-refractivity contribution is 5.78. The lowest BCUT2D eigenvalue weighted by Crippen LogP contribution is -2.33. The van der Waals surface area contributed by atoms with Gasteiger partial charge in [0.1, 0.15) is 5.82 Å². The predicted octanol–water partition coefficient (Wildman–Crippen LogP) is 3.37. The fraction of sp³-hybridized carbons (Fsp3) is 0.286. The number of fused-ring (bicyclic) bond motifs is 2. The van der Waals surface area contributed by atoms with Crippen molar-refractivity contribution in [2.24, 2.45) is 5.92 Å². The van der Waals surface area contributed by atoms with Gasteiger partial charge in [-0.15, -0.1) is 0 Å². The van der Waals surface area contributed by atoms with Crippen LogP contribution in [0.4, 0.5) is 0 Å². The summed E-state index contributed by atoms with van der Waals surface area (Å²) in [5, 5.41) is 3.04. The van der Waals surface area contributed by atoms with E-state index in [4.69, 9.17) is 4.42 Å². The molecule has 1 unspecified atom stereocenters. The fourth-order valence-electron chi connectivity index (χ4n) is 3.36. The van der Waals surface area contributed by atoms with Crippen LogP contribution in [0.5, 0.6) is 0 Å². The number of aryl methyl sites for hydroxylation is 1. The van der Waals surface area contributed by atoms with E-state index in [0.29, 0.717) is 11.1 Å². The minimum absolute atomic E-state index is 0.142. The summed E-state index contributed by atoms with van der Waals surface area (Å²) in [6, 6.07) is 14.7. The molecule has 0 bridgehead atoms. The van der Waals surface area contributed by atoms with Crippen molar-refractivity contribution in [1.82, 2.24) is 19.9 Å². The number of aromatic amines is 1. The summed E-state index contributed by atoms with van der Waals surface area (Å²) in [5.74, 6) is 0.292. The number of H-pyrrole nitrogens is 1. The topological polar surface area (TPSA) is 92.9 Å². The summed E-state index contributed by atoms with van der Waals surface area (Å²) >= 11 is 0. The molecule has 7 heteroatoms. The van der Waals surface area contributed by atoms with Crippen LogP contribution >= 0.6 is 0 Å². The predicted molar refractivity (Wildman–Crippen MR) is 107 cm³/mol. The van der Waals surface area contributed by atoms with E-state index >= 15 is 0 Å². The van der Waals surface area contributed by atoms with Crippen LogP contribution in [0.25, 0.3) is 22.1 Å². The Kier molecular flexibility index (Phi) is 4.73. The van der Waals surface area contributed by atoms with Crippen LogP contribution in [0, 0.1) is 5.92 Å². The van der Waals surface area contributed by atoms with Gasteiger partial charge in [0.2, 0.25) is 5.91 Å². The van der Waals surface area contributed by atoms with Crippen molar-refractivity contribution in [3.05, 3.63) is 64.9 Å². The highest BCUT2D eigenvalue weighted by Crippen LogP contribution is 2.22. The van der Waals surface area contributed by atoms with Crippen LogP contribution in [0.2, 0.25) is 0 Å². The fourth-order valence-corrected chi connectivity index (χ4v) is 3.36. The summed E-state index contributed by atoms with van der Waals surface area (Å²) in [6.45, 7) is 4.32. The normalized spacial score (nSPS) is 12.7. The van der Waals surface area contributed by atoms with Crippen molar-refractivity contribution in [1.29, 1.82) is 0 Å². The standard InChI is InChI=1S/C21H22N4O3/c1-13(2)19(20-22-14-7-3-4-8-15(14)23-20)24-18(26)11-12-25-16-9-5-6-10-17(16)28-21(25)27/h3-10,13,19H,11-12H2,1-2H3,(H,22,23)(H,24,26). The number of hydrogen-bond donors (Lipinski definition) is 2. The van der Waals surface area contributed by atoms with Gasteiger partial charge in [-0.1, -0.05) is 38.1 Å². The lowest BCUT2D eigenvalue weighted by molar-refractivity contribution is -0.122. The first-order chi connectivity index (χ1) is 13.5. The quantitative estimate of drug-likeness (QED) is 0.538. The molecule has 0 saturated carbocycles. The molecule has 4 rings (SSSR count). The maximum absolute atomic E-state index is 12.6. The average molecular weight is 378 g/mol. The Morgan fingerprint density at radius 1 is 1.18 bits per heavy atom. The van der Waals surface area contributed by atoms with Gasteiger partial charge in [-0.2, -0.15) is 0 Å². The van der Waals surface area contributed by atoms with Gasteiger partial charge in [-0.3, -0.25) is 9.36 Å². The van der Waals surface area contributed by atoms with E-state index in [1.54, 1.807) is 6.07 Å². The zero-order valence-electron chi connectivity index (χ0n) is 15.8. The molecular formula is C21H22N4O3. The largest absolute Gasteiger partial charge is 0.419 e. The molecule has 2 aromatic heterocycles. The third-order valence-corrected chi connectivity index (χ3v) is 4.82. The number of aromatic nitrogens is 3. The van der Waals surface area contributed by atoms with E-state index < -0.39 is 5.76 Å². The number of para-hydroxylation sites is 4. The third kappa shape index (κ3) is 3.43. The molecule has 7 nitrogen and oxygen atoms in total. The van der Waals surface area contributed by atoms with Crippen LogP contribution in [-0.4, -0.2) is 20.4 Å². The van der Waals surface area contributed by atoms with Crippen LogP contribution in [0.3, 0.4) is 0 Å². The van der Waals surface area contributed by atoms with Crippen molar-refractivity contribution in [2.75, 3.05) is 0 Å². The zero-order valence-corrected chi connectivity index (χ0v) is 15.8. The maximum Gasteiger partial charge on any atom is 0.419 e. The van der Waals surface area contributed by atoms with E-state index in [2.05, 4.69) is 15.3 Å². The molecule has 4 aromatic rings. The Morgan fingerprint density at radius 2 is 1.93 bits per heavy atom. The van der Waals surface area contributed by atoms with Gasteiger partial charge >= 0.3 is 5.76 Å².